The van der Waals surface area contributed by atoms with Crippen LogP contribution in [0.15, 0.2) is 17.5 Å². The Morgan fingerprint density at radius 2 is 2.14 bits per heavy atom. The van der Waals surface area contributed by atoms with Crippen molar-refractivity contribution in [3.63, 3.8) is 0 Å². The largest absolute Gasteiger partial charge is 0.452 e. The molecule has 28 heavy (non-hydrogen) atoms. The summed E-state index contributed by atoms with van der Waals surface area (Å²) in [5, 5.41) is 6.35. The fourth-order valence-electron chi connectivity index (χ4n) is 3.39. The van der Waals surface area contributed by atoms with Crippen molar-refractivity contribution in [1.29, 1.82) is 0 Å². The maximum Gasteiger partial charge on any atom is 0.314 e. The zero-order valence-electron chi connectivity index (χ0n) is 16.0. The van der Waals surface area contributed by atoms with E-state index in [-0.39, 0.29) is 12.3 Å². The monoisotopic (exact) mass is 399 g/mol. The van der Waals surface area contributed by atoms with E-state index in [2.05, 4.69) is 15.1 Å². The van der Waals surface area contributed by atoms with Gasteiger partial charge in [-0.05, 0) is 50.3 Å². The second-order valence-electron chi connectivity index (χ2n) is 6.97. The number of rotatable bonds is 4. The molecular formula is C19H21N5O3S. The first-order chi connectivity index (χ1) is 13.4. The highest BCUT2D eigenvalue weighted by atomic mass is 32.1. The normalized spacial score (nSPS) is 14.8. The molecule has 0 spiro atoms. The van der Waals surface area contributed by atoms with Gasteiger partial charge in [0.05, 0.1) is 0 Å². The van der Waals surface area contributed by atoms with Gasteiger partial charge in [0, 0.05) is 29.4 Å². The van der Waals surface area contributed by atoms with Crippen LogP contribution in [0.2, 0.25) is 0 Å². The number of fused-ring (bicyclic) bond motifs is 2. The predicted molar refractivity (Wildman–Crippen MR) is 103 cm³/mol. The minimum atomic E-state index is -0.841. The van der Waals surface area contributed by atoms with E-state index in [1.807, 2.05) is 31.4 Å². The molecule has 1 atom stereocenters. The number of carbonyl (C=O) groups is 2. The van der Waals surface area contributed by atoms with Crippen LogP contribution in [0.4, 0.5) is 0 Å². The minimum absolute atomic E-state index is 0.103. The summed E-state index contributed by atoms with van der Waals surface area (Å²) in [6, 6.07) is 3.94. The highest BCUT2D eigenvalue weighted by Crippen LogP contribution is 2.24. The third-order valence-electron chi connectivity index (χ3n) is 4.74. The van der Waals surface area contributed by atoms with Crippen LogP contribution in [0.5, 0.6) is 0 Å². The van der Waals surface area contributed by atoms with Crippen LogP contribution >= 0.6 is 11.3 Å². The van der Waals surface area contributed by atoms with Gasteiger partial charge in [-0.25, -0.2) is 9.50 Å². The van der Waals surface area contributed by atoms with E-state index < -0.39 is 12.1 Å². The number of esters is 1. The highest BCUT2D eigenvalue weighted by molar-refractivity contribution is 7.10. The van der Waals surface area contributed by atoms with Gasteiger partial charge in [-0.2, -0.15) is 4.98 Å². The molecule has 1 amide bonds. The van der Waals surface area contributed by atoms with E-state index >= 15 is 0 Å². The Kier molecular flexibility index (Phi) is 4.84. The van der Waals surface area contributed by atoms with Crippen molar-refractivity contribution in [2.45, 2.75) is 46.3 Å². The lowest BCUT2D eigenvalue weighted by Crippen LogP contribution is -2.42. The molecule has 0 radical (unpaired) electrons. The lowest BCUT2D eigenvalue weighted by Gasteiger charge is -2.29. The molecule has 3 aromatic heterocycles. The third kappa shape index (κ3) is 3.62. The molecule has 0 saturated carbocycles. The van der Waals surface area contributed by atoms with Gasteiger partial charge >= 0.3 is 5.97 Å². The SMILES string of the molecule is Cc1cc(C)n2nc(CC(=O)OC(C)C(=O)N3CCc4sccc4C3)nc2n1. The number of carbonyl (C=O) groups excluding carboxylic acids is 2. The zero-order chi connectivity index (χ0) is 19.8. The Morgan fingerprint density at radius 3 is 2.96 bits per heavy atom. The fraction of sp³-hybridized carbons (Fsp3) is 0.421. The van der Waals surface area contributed by atoms with E-state index in [1.165, 1.54) is 10.4 Å². The third-order valence-corrected chi connectivity index (χ3v) is 5.76. The molecule has 0 N–H and O–H groups in total. The summed E-state index contributed by atoms with van der Waals surface area (Å²) in [4.78, 5) is 36.6. The molecule has 0 aromatic carbocycles. The number of ether oxygens (including phenoxy) is 1. The molecule has 4 rings (SSSR count). The molecular weight excluding hydrogens is 378 g/mol. The molecule has 4 heterocycles. The van der Waals surface area contributed by atoms with Gasteiger partial charge in [0.2, 0.25) is 0 Å². The quantitative estimate of drug-likeness (QED) is 0.622. The molecule has 1 aliphatic heterocycles. The van der Waals surface area contributed by atoms with E-state index in [9.17, 15) is 9.59 Å². The summed E-state index contributed by atoms with van der Waals surface area (Å²) in [7, 11) is 0. The maximum atomic E-state index is 12.6. The van der Waals surface area contributed by atoms with Crippen molar-refractivity contribution in [3.8, 4) is 0 Å². The molecule has 146 valence electrons. The molecule has 9 heteroatoms. The second-order valence-corrected chi connectivity index (χ2v) is 7.97. The van der Waals surface area contributed by atoms with Crippen LogP contribution in [0.1, 0.15) is 34.6 Å². The summed E-state index contributed by atoms with van der Waals surface area (Å²) < 4.78 is 6.95. The Bertz CT molecular complexity index is 1060. The second kappa shape index (κ2) is 7.31. The van der Waals surface area contributed by atoms with Crippen LogP contribution in [-0.2, 0) is 33.7 Å². The maximum absolute atomic E-state index is 12.6. The first-order valence-electron chi connectivity index (χ1n) is 9.14. The Morgan fingerprint density at radius 1 is 1.32 bits per heavy atom. The van der Waals surface area contributed by atoms with Crippen molar-refractivity contribution < 1.29 is 14.3 Å². The van der Waals surface area contributed by atoms with Crippen LogP contribution in [0, 0.1) is 13.8 Å². The van der Waals surface area contributed by atoms with E-state index in [1.54, 1.807) is 27.7 Å². The Labute approximate surface area is 166 Å². The van der Waals surface area contributed by atoms with Gasteiger partial charge in [0.1, 0.15) is 6.42 Å². The predicted octanol–water partition coefficient (Wildman–Crippen LogP) is 1.86. The molecule has 1 unspecified atom stereocenters. The van der Waals surface area contributed by atoms with Crippen LogP contribution in [0.3, 0.4) is 0 Å². The lowest BCUT2D eigenvalue weighted by atomic mass is 10.1. The number of hydrogen-bond acceptors (Lipinski definition) is 7. The average Bonchev–Trinajstić information content (AvgIpc) is 3.26. The smallest absolute Gasteiger partial charge is 0.314 e. The van der Waals surface area contributed by atoms with E-state index in [4.69, 9.17) is 4.74 Å². The Hall–Kier alpha value is -2.81. The van der Waals surface area contributed by atoms with Gasteiger partial charge in [-0.3, -0.25) is 9.59 Å². The average molecular weight is 399 g/mol. The minimum Gasteiger partial charge on any atom is -0.452 e. The molecule has 1 aliphatic rings. The summed E-state index contributed by atoms with van der Waals surface area (Å²) >= 11 is 1.72. The zero-order valence-corrected chi connectivity index (χ0v) is 16.8. The van der Waals surface area contributed by atoms with Crippen molar-refractivity contribution in [3.05, 3.63) is 45.2 Å². The summed E-state index contributed by atoms with van der Waals surface area (Å²) in [6.07, 6.45) is -0.100. The molecule has 3 aromatic rings. The van der Waals surface area contributed by atoms with E-state index in [0.29, 0.717) is 24.7 Å². The molecule has 0 aliphatic carbocycles. The number of amides is 1. The first-order valence-corrected chi connectivity index (χ1v) is 10.0. The van der Waals surface area contributed by atoms with Gasteiger partial charge in [-0.15, -0.1) is 16.4 Å². The van der Waals surface area contributed by atoms with Crippen LogP contribution in [-0.4, -0.2) is 49.0 Å². The molecule has 8 nitrogen and oxygen atoms in total. The summed E-state index contributed by atoms with van der Waals surface area (Å²) in [6.45, 7) is 6.60. The number of nitrogens with zero attached hydrogens (tertiary/aromatic N) is 5. The number of thiophene rings is 1. The number of aromatic nitrogens is 4. The van der Waals surface area contributed by atoms with Crippen molar-refractivity contribution in [2.75, 3.05) is 6.54 Å². The van der Waals surface area contributed by atoms with Gasteiger partial charge < -0.3 is 9.64 Å². The summed E-state index contributed by atoms with van der Waals surface area (Å²) in [5.41, 5.74) is 2.90. The van der Waals surface area contributed by atoms with Crippen LogP contribution in [0.25, 0.3) is 5.78 Å². The fourth-order valence-corrected chi connectivity index (χ4v) is 4.28. The number of aryl methyl sites for hydroxylation is 2. The van der Waals surface area contributed by atoms with E-state index in [0.717, 1.165) is 17.8 Å². The van der Waals surface area contributed by atoms with Crippen molar-refractivity contribution >= 4 is 29.0 Å². The number of hydrogen-bond donors (Lipinski definition) is 0. The molecule has 0 bridgehead atoms. The topological polar surface area (TPSA) is 89.7 Å². The van der Waals surface area contributed by atoms with Crippen LogP contribution < -0.4 is 0 Å². The Balaban J connectivity index is 1.38. The highest BCUT2D eigenvalue weighted by Gasteiger charge is 2.27. The first kappa shape index (κ1) is 18.5. The van der Waals surface area contributed by atoms with Crippen molar-refractivity contribution in [2.24, 2.45) is 0 Å². The van der Waals surface area contributed by atoms with Gasteiger partial charge in [0.15, 0.2) is 11.9 Å². The summed E-state index contributed by atoms with van der Waals surface area (Å²) in [5.74, 6) is 0.0664. The van der Waals surface area contributed by atoms with Gasteiger partial charge in [-0.1, -0.05) is 0 Å². The molecule has 0 fully saturated rings. The standard InChI is InChI=1S/C19H21N5O3S/c1-11-8-12(2)24-19(20-11)21-16(22-24)9-17(25)27-13(3)18(26)23-6-4-15-14(10-23)5-7-28-15/h5,7-8,13H,4,6,9-10H2,1-3H3. The lowest BCUT2D eigenvalue weighted by molar-refractivity contribution is -0.159. The van der Waals surface area contributed by atoms with Gasteiger partial charge in [0.25, 0.3) is 11.7 Å². The van der Waals surface area contributed by atoms with Crippen molar-refractivity contribution in [1.82, 2.24) is 24.5 Å². The molecule has 0 saturated heterocycles.